The normalized spacial score (nSPS) is 12.7. The summed E-state index contributed by atoms with van der Waals surface area (Å²) in [7, 11) is -3.89. The van der Waals surface area contributed by atoms with E-state index in [1.54, 1.807) is 32.9 Å². The van der Waals surface area contributed by atoms with Gasteiger partial charge in [-0.25, -0.2) is 8.42 Å². The summed E-state index contributed by atoms with van der Waals surface area (Å²) in [6.07, 6.45) is 0. The Morgan fingerprint density at radius 3 is 2.23 bits per heavy atom. The second-order valence-corrected chi connectivity index (χ2v) is 7.95. The maximum Gasteiger partial charge on any atom is 0.318 e. The minimum Gasteiger partial charge on any atom is -0.480 e. The van der Waals surface area contributed by atoms with Crippen molar-refractivity contribution in [3.63, 3.8) is 0 Å². The molecule has 118 valence electrons. The van der Waals surface area contributed by atoms with Crippen LogP contribution in [-0.4, -0.2) is 35.9 Å². The first-order valence-corrected chi connectivity index (χ1v) is 8.30. The van der Waals surface area contributed by atoms with Crippen molar-refractivity contribution in [2.45, 2.75) is 31.2 Å². The minimum atomic E-state index is -3.89. The van der Waals surface area contributed by atoms with E-state index in [0.717, 1.165) is 15.1 Å². The van der Waals surface area contributed by atoms with E-state index in [1.165, 1.54) is 6.07 Å². The van der Waals surface area contributed by atoms with Gasteiger partial charge in [0.15, 0.2) is 0 Å². The second kappa shape index (κ2) is 5.70. The van der Waals surface area contributed by atoms with E-state index in [1.807, 2.05) is 24.3 Å². The third-order valence-corrected chi connectivity index (χ3v) is 5.44. The number of carbonyl (C=O) groups is 1. The molecule has 0 atom stereocenters. The van der Waals surface area contributed by atoms with Crippen molar-refractivity contribution in [3.8, 4) is 0 Å². The van der Waals surface area contributed by atoms with Crippen LogP contribution < -0.4 is 0 Å². The number of rotatable bonds is 4. The lowest BCUT2D eigenvalue weighted by Gasteiger charge is -2.33. The molecule has 0 saturated carbocycles. The summed E-state index contributed by atoms with van der Waals surface area (Å²) in [6, 6.07) is 12.2. The molecule has 0 aromatic heterocycles. The summed E-state index contributed by atoms with van der Waals surface area (Å²) in [5.41, 5.74) is -0.830. The van der Waals surface area contributed by atoms with E-state index in [2.05, 4.69) is 0 Å². The number of benzene rings is 2. The molecule has 0 bridgehead atoms. The summed E-state index contributed by atoms with van der Waals surface area (Å²) in [6.45, 7) is 4.45. The van der Waals surface area contributed by atoms with Crippen molar-refractivity contribution in [1.29, 1.82) is 0 Å². The molecule has 2 aromatic carbocycles. The zero-order chi connectivity index (χ0) is 16.5. The Morgan fingerprint density at radius 2 is 1.68 bits per heavy atom. The van der Waals surface area contributed by atoms with Crippen molar-refractivity contribution < 1.29 is 18.3 Å². The summed E-state index contributed by atoms with van der Waals surface area (Å²) in [5, 5.41) is 10.8. The molecule has 0 aliphatic carbocycles. The number of hydrogen-bond donors (Lipinski definition) is 1. The fourth-order valence-electron chi connectivity index (χ4n) is 2.26. The van der Waals surface area contributed by atoms with Crippen molar-refractivity contribution in [2.75, 3.05) is 6.54 Å². The van der Waals surface area contributed by atoms with Gasteiger partial charge in [-0.05, 0) is 43.7 Å². The molecule has 0 amide bonds. The van der Waals surface area contributed by atoms with Crippen LogP contribution in [0, 0.1) is 0 Å². The topological polar surface area (TPSA) is 74.7 Å². The Hall–Kier alpha value is -1.92. The van der Waals surface area contributed by atoms with Crippen molar-refractivity contribution >= 4 is 26.8 Å². The molecule has 2 rings (SSSR count). The molecule has 0 spiro atoms. The number of nitrogens with zero attached hydrogens (tertiary/aromatic N) is 1. The third-order valence-electron chi connectivity index (χ3n) is 3.34. The number of sulfonamides is 1. The molecule has 0 radical (unpaired) electrons. The molecule has 22 heavy (non-hydrogen) atoms. The van der Waals surface area contributed by atoms with Gasteiger partial charge in [-0.3, -0.25) is 4.79 Å². The van der Waals surface area contributed by atoms with Crippen LogP contribution in [0.15, 0.2) is 47.4 Å². The number of aliphatic carboxylic acids is 1. The lowest BCUT2D eigenvalue weighted by atomic mass is 10.1. The number of carboxylic acid groups (broad SMARTS) is 1. The van der Waals surface area contributed by atoms with E-state index in [4.69, 9.17) is 5.11 Å². The molecule has 0 aliphatic heterocycles. The maximum atomic E-state index is 12.8. The fraction of sp³-hybridized carbons (Fsp3) is 0.312. The highest BCUT2D eigenvalue weighted by atomic mass is 32.2. The van der Waals surface area contributed by atoms with Gasteiger partial charge in [0, 0.05) is 5.54 Å². The fourth-order valence-corrected chi connectivity index (χ4v) is 4.03. The van der Waals surface area contributed by atoms with E-state index in [0.29, 0.717) is 0 Å². The van der Waals surface area contributed by atoms with Gasteiger partial charge in [0.05, 0.1) is 4.90 Å². The number of carboxylic acids is 1. The molecule has 6 heteroatoms. The Kier molecular flexibility index (Phi) is 4.26. The van der Waals surface area contributed by atoms with Crippen LogP contribution in [0.1, 0.15) is 20.8 Å². The molecule has 0 fully saturated rings. The first-order chi connectivity index (χ1) is 10.1. The van der Waals surface area contributed by atoms with Crippen LogP contribution in [0.4, 0.5) is 0 Å². The average Bonchev–Trinajstić information content (AvgIpc) is 2.42. The first-order valence-electron chi connectivity index (χ1n) is 6.86. The largest absolute Gasteiger partial charge is 0.480 e. The van der Waals surface area contributed by atoms with Gasteiger partial charge in [0.1, 0.15) is 6.54 Å². The maximum absolute atomic E-state index is 12.8. The van der Waals surface area contributed by atoms with Crippen molar-refractivity contribution in [1.82, 2.24) is 4.31 Å². The van der Waals surface area contributed by atoms with Crippen LogP contribution in [0.5, 0.6) is 0 Å². The average molecular weight is 321 g/mol. The zero-order valence-electron chi connectivity index (χ0n) is 12.8. The van der Waals surface area contributed by atoms with Crippen LogP contribution in [0.25, 0.3) is 10.8 Å². The highest BCUT2D eigenvalue weighted by Crippen LogP contribution is 2.26. The predicted octanol–water partition coefficient (Wildman–Crippen LogP) is 2.71. The minimum absolute atomic E-state index is 0.0994. The highest BCUT2D eigenvalue weighted by molar-refractivity contribution is 7.89. The summed E-state index contributed by atoms with van der Waals surface area (Å²) < 4.78 is 26.6. The first kappa shape index (κ1) is 16.5. The second-order valence-electron chi connectivity index (χ2n) is 6.09. The highest BCUT2D eigenvalue weighted by Gasteiger charge is 2.35. The monoisotopic (exact) mass is 321 g/mol. The van der Waals surface area contributed by atoms with Gasteiger partial charge in [0.2, 0.25) is 10.0 Å². The van der Waals surface area contributed by atoms with Gasteiger partial charge in [-0.15, -0.1) is 0 Å². The standard InChI is InChI=1S/C16H19NO4S/c1-16(2,3)17(11-15(18)19)22(20,21)14-9-8-12-6-4-5-7-13(12)10-14/h4-10H,11H2,1-3H3,(H,18,19). The van der Waals surface area contributed by atoms with Gasteiger partial charge in [0.25, 0.3) is 0 Å². The SMILES string of the molecule is CC(C)(C)N(CC(=O)O)S(=O)(=O)c1ccc2ccccc2c1. The molecule has 0 aliphatic rings. The van der Waals surface area contributed by atoms with Crippen LogP contribution >= 0.6 is 0 Å². The Balaban J connectivity index is 2.56. The molecule has 5 nitrogen and oxygen atoms in total. The summed E-state index contributed by atoms with van der Waals surface area (Å²) in [4.78, 5) is 11.1. The number of hydrogen-bond acceptors (Lipinski definition) is 3. The molecule has 0 heterocycles. The Bertz CT molecular complexity index is 806. The quantitative estimate of drug-likeness (QED) is 0.939. The molecule has 2 aromatic rings. The Morgan fingerprint density at radius 1 is 1.09 bits per heavy atom. The lowest BCUT2D eigenvalue weighted by Crippen LogP contribution is -2.48. The third kappa shape index (κ3) is 3.28. The molecular formula is C16H19NO4S. The van der Waals surface area contributed by atoms with Gasteiger partial charge < -0.3 is 5.11 Å². The smallest absolute Gasteiger partial charge is 0.318 e. The van der Waals surface area contributed by atoms with Crippen molar-refractivity contribution in [2.24, 2.45) is 0 Å². The van der Waals surface area contributed by atoms with E-state index in [-0.39, 0.29) is 4.90 Å². The van der Waals surface area contributed by atoms with Gasteiger partial charge in [-0.2, -0.15) is 4.31 Å². The van der Waals surface area contributed by atoms with E-state index in [9.17, 15) is 13.2 Å². The predicted molar refractivity (Wildman–Crippen MR) is 85.2 cm³/mol. The van der Waals surface area contributed by atoms with E-state index >= 15 is 0 Å². The molecule has 1 N–H and O–H groups in total. The Labute approximate surface area is 130 Å². The van der Waals surface area contributed by atoms with Crippen molar-refractivity contribution in [3.05, 3.63) is 42.5 Å². The van der Waals surface area contributed by atoms with E-state index < -0.39 is 28.1 Å². The number of fused-ring (bicyclic) bond motifs is 1. The van der Waals surface area contributed by atoms with Crippen LogP contribution in [0.2, 0.25) is 0 Å². The molecule has 0 saturated heterocycles. The van der Waals surface area contributed by atoms with Crippen LogP contribution in [0.3, 0.4) is 0 Å². The van der Waals surface area contributed by atoms with Crippen LogP contribution in [-0.2, 0) is 14.8 Å². The zero-order valence-corrected chi connectivity index (χ0v) is 13.6. The summed E-state index contributed by atoms with van der Waals surface area (Å²) >= 11 is 0. The van der Waals surface area contributed by atoms with Gasteiger partial charge in [-0.1, -0.05) is 30.3 Å². The molecule has 0 unspecified atom stereocenters. The molecular weight excluding hydrogens is 302 g/mol. The van der Waals surface area contributed by atoms with Gasteiger partial charge >= 0.3 is 5.97 Å². The lowest BCUT2D eigenvalue weighted by molar-refractivity contribution is -0.138. The summed E-state index contributed by atoms with van der Waals surface area (Å²) in [5.74, 6) is -1.18.